The van der Waals surface area contributed by atoms with Crippen LogP contribution in [0.5, 0.6) is 0 Å². The lowest BCUT2D eigenvalue weighted by molar-refractivity contribution is 0.0989. The van der Waals surface area contributed by atoms with Gasteiger partial charge in [0.1, 0.15) is 0 Å². The molecule has 0 aromatic heterocycles. The van der Waals surface area contributed by atoms with Crippen LogP contribution < -0.4 is 22.1 Å². The van der Waals surface area contributed by atoms with Crippen LogP contribution >= 0.6 is 0 Å². The minimum atomic E-state index is -0.529. The van der Waals surface area contributed by atoms with Gasteiger partial charge >= 0.3 is 0 Å². The topological polar surface area (TPSA) is 110 Å². The summed E-state index contributed by atoms with van der Waals surface area (Å²) in [7, 11) is 0. The Balaban J connectivity index is 2.30. The predicted molar refractivity (Wildman–Crippen MR) is 68.4 cm³/mol. The number of amides is 2. The number of benzene rings is 1. The maximum atomic E-state index is 11.3. The highest BCUT2D eigenvalue weighted by atomic mass is 16.1. The number of carbonyl (C=O) groups excluding carboxylic acids is 2. The highest BCUT2D eigenvalue weighted by molar-refractivity contribution is 6.01. The fourth-order valence-electron chi connectivity index (χ4n) is 2.03. The molecule has 1 fully saturated rings. The van der Waals surface area contributed by atoms with E-state index in [1.165, 1.54) is 12.1 Å². The summed E-state index contributed by atoms with van der Waals surface area (Å²) in [6.45, 7) is 1.75. The lowest BCUT2D eigenvalue weighted by Gasteiger charge is -2.16. The number of anilines is 1. The minimum absolute atomic E-state index is 0.228. The molecule has 6 nitrogen and oxygen atoms in total. The van der Waals surface area contributed by atoms with E-state index in [1.807, 2.05) is 0 Å². The molecule has 18 heavy (non-hydrogen) atoms. The van der Waals surface area contributed by atoms with Gasteiger partial charge in [-0.3, -0.25) is 9.59 Å². The van der Waals surface area contributed by atoms with Gasteiger partial charge in [-0.15, -0.1) is 0 Å². The number of nitrogens with one attached hydrogen (secondary N) is 2. The second kappa shape index (κ2) is 5.05. The predicted octanol–water partition coefficient (Wildman–Crippen LogP) is -0.342. The van der Waals surface area contributed by atoms with Gasteiger partial charge in [-0.1, -0.05) is 0 Å². The SMILES string of the molecule is NC(=O)c1ccc(C(N)=O)c(NC2CCNC2)c1. The zero-order chi connectivity index (χ0) is 13.1. The van der Waals surface area contributed by atoms with Crippen molar-refractivity contribution < 1.29 is 9.59 Å². The van der Waals surface area contributed by atoms with Gasteiger partial charge in [0.15, 0.2) is 0 Å². The molecule has 0 saturated carbocycles. The Kier molecular flexibility index (Phi) is 3.47. The molecule has 1 aliphatic rings. The highest BCUT2D eigenvalue weighted by Crippen LogP contribution is 2.19. The molecule has 1 aromatic carbocycles. The zero-order valence-electron chi connectivity index (χ0n) is 9.90. The smallest absolute Gasteiger partial charge is 0.250 e. The van der Waals surface area contributed by atoms with Gasteiger partial charge in [0.2, 0.25) is 5.91 Å². The Bertz CT molecular complexity index is 481. The number of primary amides is 2. The van der Waals surface area contributed by atoms with E-state index in [0.717, 1.165) is 19.5 Å². The molecule has 1 atom stereocenters. The summed E-state index contributed by atoms with van der Waals surface area (Å²) in [5.41, 5.74) is 11.8. The monoisotopic (exact) mass is 248 g/mol. The van der Waals surface area contributed by atoms with E-state index in [4.69, 9.17) is 11.5 Å². The minimum Gasteiger partial charge on any atom is -0.380 e. The van der Waals surface area contributed by atoms with Crippen LogP contribution in [0.25, 0.3) is 0 Å². The van der Waals surface area contributed by atoms with Crippen molar-refractivity contribution in [3.8, 4) is 0 Å². The van der Waals surface area contributed by atoms with Crippen LogP contribution in [0.2, 0.25) is 0 Å². The van der Waals surface area contributed by atoms with Crippen molar-refractivity contribution in [1.82, 2.24) is 5.32 Å². The van der Waals surface area contributed by atoms with Crippen LogP contribution in [0.3, 0.4) is 0 Å². The summed E-state index contributed by atoms with van der Waals surface area (Å²) in [5.74, 6) is -1.06. The van der Waals surface area contributed by atoms with E-state index in [2.05, 4.69) is 10.6 Å². The van der Waals surface area contributed by atoms with Crippen LogP contribution in [0.15, 0.2) is 18.2 Å². The van der Waals surface area contributed by atoms with Crippen molar-refractivity contribution in [2.24, 2.45) is 11.5 Å². The molecule has 0 aliphatic carbocycles. The third-order valence-electron chi connectivity index (χ3n) is 2.99. The molecule has 1 heterocycles. The fourth-order valence-corrected chi connectivity index (χ4v) is 2.03. The average Bonchev–Trinajstić information content (AvgIpc) is 2.81. The van der Waals surface area contributed by atoms with Crippen LogP contribution in [0.4, 0.5) is 5.69 Å². The van der Waals surface area contributed by atoms with Crippen molar-refractivity contribution in [3.05, 3.63) is 29.3 Å². The summed E-state index contributed by atoms with van der Waals surface area (Å²) >= 11 is 0. The molecule has 1 saturated heterocycles. The molecule has 2 rings (SSSR count). The molecule has 2 amide bonds. The third kappa shape index (κ3) is 2.60. The standard InChI is InChI=1S/C12H16N4O2/c13-11(17)7-1-2-9(12(14)18)10(5-7)16-8-3-4-15-6-8/h1-2,5,8,15-16H,3-4,6H2,(H2,13,17)(H2,14,18). The Morgan fingerprint density at radius 2 is 2.06 bits per heavy atom. The van der Waals surface area contributed by atoms with Crippen LogP contribution in [-0.4, -0.2) is 30.9 Å². The van der Waals surface area contributed by atoms with Crippen molar-refractivity contribution >= 4 is 17.5 Å². The zero-order valence-corrected chi connectivity index (χ0v) is 9.90. The second-order valence-electron chi connectivity index (χ2n) is 4.32. The van der Waals surface area contributed by atoms with E-state index in [1.54, 1.807) is 6.07 Å². The summed E-state index contributed by atoms with van der Waals surface area (Å²) in [5, 5.41) is 6.42. The molecule has 1 aromatic rings. The van der Waals surface area contributed by atoms with Gasteiger partial charge in [0, 0.05) is 23.8 Å². The summed E-state index contributed by atoms with van der Waals surface area (Å²) in [4.78, 5) is 22.5. The molecule has 6 heteroatoms. The molecule has 1 unspecified atom stereocenters. The largest absolute Gasteiger partial charge is 0.380 e. The van der Waals surface area contributed by atoms with Gasteiger partial charge < -0.3 is 22.1 Å². The number of carbonyl (C=O) groups is 2. The first-order valence-electron chi connectivity index (χ1n) is 5.79. The third-order valence-corrected chi connectivity index (χ3v) is 2.99. The molecule has 1 aliphatic heterocycles. The van der Waals surface area contributed by atoms with E-state index < -0.39 is 11.8 Å². The average molecular weight is 248 g/mol. The van der Waals surface area contributed by atoms with Crippen molar-refractivity contribution in [2.75, 3.05) is 18.4 Å². The first kappa shape index (κ1) is 12.4. The van der Waals surface area contributed by atoms with Crippen LogP contribution in [0, 0.1) is 0 Å². The Morgan fingerprint density at radius 1 is 1.28 bits per heavy atom. The number of rotatable bonds is 4. The summed E-state index contributed by atoms with van der Waals surface area (Å²) < 4.78 is 0. The van der Waals surface area contributed by atoms with Crippen LogP contribution in [-0.2, 0) is 0 Å². The van der Waals surface area contributed by atoms with E-state index in [-0.39, 0.29) is 6.04 Å². The molecule has 0 radical (unpaired) electrons. The van der Waals surface area contributed by atoms with Gasteiger partial charge in [-0.2, -0.15) is 0 Å². The van der Waals surface area contributed by atoms with Crippen molar-refractivity contribution in [2.45, 2.75) is 12.5 Å². The molecule has 6 N–H and O–H groups in total. The number of hydrogen-bond acceptors (Lipinski definition) is 4. The fraction of sp³-hybridized carbons (Fsp3) is 0.333. The first-order chi connectivity index (χ1) is 8.58. The maximum absolute atomic E-state index is 11.3. The lowest BCUT2D eigenvalue weighted by atomic mass is 10.1. The highest BCUT2D eigenvalue weighted by Gasteiger charge is 2.18. The molecular formula is C12H16N4O2. The quantitative estimate of drug-likeness (QED) is 0.584. The summed E-state index contributed by atoms with van der Waals surface area (Å²) in [6, 6.07) is 4.82. The maximum Gasteiger partial charge on any atom is 0.250 e. The first-order valence-corrected chi connectivity index (χ1v) is 5.79. The molecule has 0 bridgehead atoms. The Labute approximate surface area is 105 Å². The van der Waals surface area contributed by atoms with Crippen molar-refractivity contribution in [3.63, 3.8) is 0 Å². The van der Waals surface area contributed by atoms with Gasteiger partial charge in [0.05, 0.1) is 5.56 Å². The number of hydrogen-bond donors (Lipinski definition) is 4. The van der Waals surface area contributed by atoms with Gasteiger partial charge in [-0.05, 0) is 31.2 Å². The van der Waals surface area contributed by atoms with Gasteiger partial charge in [0.25, 0.3) is 5.91 Å². The molecule has 96 valence electrons. The van der Waals surface area contributed by atoms with Crippen molar-refractivity contribution in [1.29, 1.82) is 0 Å². The van der Waals surface area contributed by atoms with E-state index in [9.17, 15) is 9.59 Å². The van der Waals surface area contributed by atoms with E-state index in [0.29, 0.717) is 16.8 Å². The normalized spacial score (nSPS) is 18.6. The van der Waals surface area contributed by atoms with E-state index >= 15 is 0 Å². The molecular weight excluding hydrogens is 232 g/mol. The molecule has 0 spiro atoms. The van der Waals surface area contributed by atoms with Gasteiger partial charge in [-0.25, -0.2) is 0 Å². The lowest BCUT2D eigenvalue weighted by Crippen LogP contribution is -2.25. The Morgan fingerprint density at radius 3 is 2.61 bits per heavy atom. The second-order valence-corrected chi connectivity index (χ2v) is 4.32. The van der Waals surface area contributed by atoms with Crippen LogP contribution in [0.1, 0.15) is 27.1 Å². The summed E-state index contributed by atoms with van der Waals surface area (Å²) in [6.07, 6.45) is 0.957. The Hall–Kier alpha value is -2.08. The number of nitrogens with two attached hydrogens (primary N) is 2.